The number of hydrogen-bond acceptors (Lipinski definition) is 3. The molecule has 94 valence electrons. The van der Waals surface area contributed by atoms with Crippen molar-refractivity contribution in [3.8, 4) is 11.8 Å². The van der Waals surface area contributed by atoms with E-state index in [1.165, 1.54) is 6.07 Å². The SMILES string of the molecule is N#Cc1ccc(OCC(=O)N2CCCC2)c(Cl)c1. The Morgan fingerprint density at radius 2 is 2.17 bits per heavy atom. The number of carbonyl (C=O) groups is 1. The van der Waals surface area contributed by atoms with Crippen LogP contribution in [0.2, 0.25) is 5.02 Å². The molecule has 5 heteroatoms. The summed E-state index contributed by atoms with van der Waals surface area (Å²) in [4.78, 5) is 13.5. The molecular weight excluding hydrogens is 252 g/mol. The summed E-state index contributed by atoms with van der Waals surface area (Å²) in [5.74, 6) is 0.413. The Kier molecular flexibility index (Phi) is 4.06. The number of rotatable bonds is 3. The molecule has 0 N–H and O–H groups in total. The van der Waals surface area contributed by atoms with Crippen LogP contribution >= 0.6 is 11.6 Å². The van der Waals surface area contributed by atoms with E-state index in [-0.39, 0.29) is 12.5 Å². The summed E-state index contributed by atoms with van der Waals surface area (Å²) in [7, 11) is 0. The lowest BCUT2D eigenvalue weighted by Crippen LogP contribution is -2.32. The maximum atomic E-state index is 11.8. The van der Waals surface area contributed by atoms with Crippen molar-refractivity contribution >= 4 is 17.5 Å². The molecule has 1 aromatic rings. The summed E-state index contributed by atoms with van der Waals surface area (Å²) in [5, 5.41) is 9.05. The van der Waals surface area contributed by atoms with E-state index in [2.05, 4.69) is 0 Å². The highest BCUT2D eigenvalue weighted by Crippen LogP contribution is 2.25. The molecule has 0 atom stereocenters. The van der Waals surface area contributed by atoms with Crippen molar-refractivity contribution in [3.05, 3.63) is 28.8 Å². The predicted molar refractivity (Wildman–Crippen MR) is 67.5 cm³/mol. The van der Waals surface area contributed by atoms with Gasteiger partial charge < -0.3 is 9.64 Å². The van der Waals surface area contributed by atoms with Gasteiger partial charge in [-0.2, -0.15) is 5.26 Å². The van der Waals surface area contributed by atoms with Crippen LogP contribution in [0.5, 0.6) is 5.75 Å². The number of hydrogen-bond donors (Lipinski definition) is 0. The van der Waals surface area contributed by atoms with E-state index < -0.39 is 0 Å². The number of amides is 1. The van der Waals surface area contributed by atoms with Gasteiger partial charge in [0.1, 0.15) is 5.75 Å². The van der Waals surface area contributed by atoms with Crippen LogP contribution in [0.3, 0.4) is 0 Å². The van der Waals surface area contributed by atoms with E-state index in [9.17, 15) is 4.79 Å². The molecule has 1 saturated heterocycles. The van der Waals surface area contributed by atoms with Crippen LogP contribution in [0.4, 0.5) is 0 Å². The van der Waals surface area contributed by atoms with Crippen LogP contribution in [-0.4, -0.2) is 30.5 Å². The highest BCUT2D eigenvalue weighted by Gasteiger charge is 2.18. The quantitative estimate of drug-likeness (QED) is 0.841. The van der Waals surface area contributed by atoms with E-state index >= 15 is 0 Å². The highest BCUT2D eigenvalue weighted by atomic mass is 35.5. The lowest BCUT2D eigenvalue weighted by Gasteiger charge is -2.15. The average Bonchev–Trinajstić information content (AvgIpc) is 2.90. The van der Waals surface area contributed by atoms with Crippen molar-refractivity contribution in [1.29, 1.82) is 5.26 Å². The normalized spacial score (nSPS) is 14.3. The van der Waals surface area contributed by atoms with Gasteiger partial charge in [0.05, 0.1) is 16.7 Å². The minimum atomic E-state index is -0.0204. The number of halogens is 1. The Labute approximate surface area is 111 Å². The molecule has 1 aliphatic rings. The van der Waals surface area contributed by atoms with E-state index in [0.717, 1.165) is 25.9 Å². The molecule has 0 unspecified atom stereocenters. The van der Waals surface area contributed by atoms with Gasteiger partial charge >= 0.3 is 0 Å². The van der Waals surface area contributed by atoms with Gasteiger partial charge in [0.2, 0.25) is 0 Å². The molecule has 18 heavy (non-hydrogen) atoms. The molecule has 2 rings (SSSR count). The number of benzene rings is 1. The standard InChI is InChI=1S/C13H13ClN2O2/c14-11-7-10(8-15)3-4-12(11)18-9-13(17)16-5-1-2-6-16/h3-4,7H,1-2,5-6,9H2. The molecular formula is C13H13ClN2O2. The molecule has 0 bridgehead atoms. The zero-order chi connectivity index (χ0) is 13.0. The van der Waals surface area contributed by atoms with E-state index in [4.69, 9.17) is 21.6 Å². The van der Waals surface area contributed by atoms with Crippen LogP contribution in [0.15, 0.2) is 18.2 Å². The van der Waals surface area contributed by atoms with Crippen molar-refractivity contribution in [3.63, 3.8) is 0 Å². The maximum absolute atomic E-state index is 11.8. The average molecular weight is 265 g/mol. The van der Waals surface area contributed by atoms with E-state index in [0.29, 0.717) is 16.3 Å². The largest absolute Gasteiger partial charge is 0.482 e. The van der Waals surface area contributed by atoms with Gasteiger partial charge in [0, 0.05) is 13.1 Å². The fourth-order valence-corrected chi connectivity index (χ4v) is 2.12. The van der Waals surface area contributed by atoms with Crippen LogP contribution in [0.1, 0.15) is 18.4 Å². The molecule has 0 saturated carbocycles. The first-order valence-electron chi connectivity index (χ1n) is 5.81. The van der Waals surface area contributed by atoms with Crippen molar-refractivity contribution in [2.24, 2.45) is 0 Å². The lowest BCUT2D eigenvalue weighted by molar-refractivity contribution is -0.132. The van der Waals surface area contributed by atoms with Gasteiger partial charge in [-0.25, -0.2) is 0 Å². The second kappa shape index (κ2) is 5.74. The lowest BCUT2D eigenvalue weighted by atomic mass is 10.2. The number of nitrogens with zero attached hydrogens (tertiary/aromatic N) is 2. The summed E-state index contributed by atoms with van der Waals surface area (Å²) < 4.78 is 5.38. The molecule has 0 aliphatic carbocycles. The Morgan fingerprint density at radius 1 is 1.44 bits per heavy atom. The van der Waals surface area contributed by atoms with Gasteiger partial charge in [-0.1, -0.05) is 11.6 Å². The Hall–Kier alpha value is -1.73. The summed E-state index contributed by atoms with van der Waals surface area (Å²) in [5.41, 5.74) is 0.471. The number of ether oxygens (including phenoxy) is 1. The smallest absolute Gasteiger partial charge is 0.260 e. The molecule has 1 aromatic carbocycles. The molecule has 0 radical (unpaired) electrons. The Morgan fingerprint density at radius 3 is 2.78 bits per heavy atom. The van der Waals surface area contributed by atoms with E-state index in [1.807, 2.05) is 6.07 Å². The van der Waals surface area contributed by atoms with Gasteiger partial charge in [-0.05, 0) is 31.0 Å². The van der Waals surface area contributed by atoms with Gasteiger partial charge in [0.15, 0.2) is 6.61 Å². The molecule has 0 aromatic heterocycles. The minimum Gasteiger partial charge on any atom is -0.482 e. The number of nitriles is 1. The third-order valence-electron chi connectivity index (χ3n) is 2.87. The Bertz CT molecular complexity index is 490. The molecule has 1 aliphatic heterocycles. The number of likely N-dealkylation sites (tertiary alicyclic amines) is 1. The molecule has 1 amide bonds. The zero-order valence-corrected chi connectivity index (χ0v) is 10.6. The third kappa shape index (κ3) is 2.93. The van der Waals surface area contributed by atoms with Gasteiger partial charge in [-0.3, -0.25) is 4.79 Å². The minimum absolute atomic E-state index is 0.00831. The van der Waals surface area contributed by atoms with Crippen molar-refractivity contribution in [1.82, 2.24) is 4.90 Å². The maximum Gasteiger partial charge on any atom is 0.260 e. The summed E-state index contributed by atoms with van der Waals surface area (Å²) in [6.45, 7) is 1.61. The predicted octanol–water partition coefficient (Wildman–Crippen LogP) is 2.21. The zero-order valence-electron chi connectivity index (χ0n) is 9.86. The van der Waals surface area contributed by atoms with Crippen LogP contribution in [0, 0.1) is 11.3 Å². The first kappa shape index (κ1) is 12.7. The summed E-state index contributed by atoms with van der Waals surface area (Å²) in [6, 6.07) is 6.74. The van der Waals surface area contributed by atoms with Crippen LogP contribution in [0.25, 0.3) is 0 Å². The van der Waals surface area contributed by atoms with Crippen molar-refractivity contribution in [2.45, 2.75) is 12.8 Å². The first-order valence-corrected chi connectivity index (χ1v) is 6.19. The fraction of sp³-hybridized carbons (Fsp3) is 0.385. The van der Waals surface area contributed by atoms with Crippen molar-refractivity contribution in [2.75, 3.05) is 19.7 Å². The molecule has 0 spiro atoms. The summed E-state index contributed by atoms with van der Waals surface area (Å²) in [6.07, 6.45) is 2.12. The van der Waals surface area contributed by atoms with Gasteiger partial charge in [0.25, 0.3) is 5.91 Å². The van der Waals surface area contributed by atoms with Crippen LogP contribution < -0.4 is 4.74 Å². The number of carbonyl (C=O) groups excluding carboxylic acids is 1. The van der Waals surface area contributed by atoms with Gasteiger partial charge in [-0.15, -0.1) is 0 Å². The first-order chi connectivity index (χ1) is 8.70. The van der Waals surface area contributed by atoms with E-state index in [1.54, 1.807) is 17.0 Å². The molecule has 4 nitrogen and oxygen atoms in total. The Balaban J connectivity index is 1.94. The topological polar surface area (TPSA) is 53.3 Å². The second-order valence-corrected chi connectivity index (χ2v) is 4.54. The molecule has 1 heterocycles. The van der Waals surface area contributed by atoms with Crippen LogP contribution in [-0.2, 0) is 4.79 Å². The van der Waals surface area contributed by atoms with Crippen molar-refractivity contribution < 1.29 is 9.53 Å². The highest BCUT2D eigenvalue weighted by molar-refractivity contribution is 6.32. The molecule has 1 fully saturated rings. The monoisotopic (exact) mass is 264 g/mol. The fourth-order valence-electron chi connectivity index (χ4n) is 1.88. The third-order valence-corrected chi connectivity index (χ3v) is 3.17. The second-order valence-electron chi connectivity index (χ2n) is 4.13. The summed E-state index contributed by atoms with van der Waals surface area (Å²) >= 11 is 5.95.